The summed E-state index contributed by atoms with van der Waals surface area (Å²) < 4.78 is 5.65. The van der Waals surface area contributed by atoms with Crippen LogP contribution in [-0.2, 0) is 11.3 Å². The number of anilines is 1. The number of nitrogens with two attached hydrogens (primary N) is 1. The van der Waals surface area contributed by atoms with Crippen LogP contribution >= 0.6 is 11.6 Å². The minimum atomic E-state index is 0.503. The molecule has 4 heteroatoms. The van der Waals surface area contributed by atoms with Crippen molar-refractivity contribution in [1.29, 1.82) is 0 Å². The van der Waals surface area contributed by atoms with E-state index >= 15 is 0 Å². The van der Waals surface area contributed by atoms with Crippen LogP contribution in [-0.4, -0.2) is 26.8 Å². The van der Waals surface area contributed by atoms with Crippen LogP contribution in [0, 0.1) is 5.92 Å². The van der Waals surface area contributed by atoms with Crippen molar-refractivity contribution < 1.29 is 4.74 Å². The standard InChI is InChI=1S/C14H21ClN2O/c1-17(6-7-18-10-11-2-3-11)14-5-4-13(15)8-12(14)9-16/h4-5,8,11H,2-3,6-7,9-10,16H2,1H3. The van der Waals surface area contributed by atoms with Crippen molar-refractivity contribution in [3.63, 3.8) is 0 Å². The zero-order valence-electron chi connectivity index (χ0n) is 10.9. The minimum Gasteiger partial charge on any atom is -0.379 e. The first-order valence-corrected chi connectivity index (χ1v) is 6.86. The fourth-order valence-electron chi connectivity index (χ4n) is 1.95. The van der Waals surface area contributed by atoms with Gasteiger partial charge in [-0.3, -0.25) is 0 Å². The predicted molar refractivity (Wildman–Crippen MR) is 76.2 cm³/mol. The molecule has 0 atom stereocenters. The first-order chi connectivity index (χ1) is 8.70. The molecule has 18 heavy (non-hydrogen) atoms. The van der Waals surface area contributed by atoms with Gasteiger partial charge in [0, 0.05) is 37.5 Å². The molecule has 2 rings (SSSR count). The van der Waals surface area contributed by atoms with Crippen molar-refractivity contribution in [1.82, 2.24) is 0 Å². The van der Waals surface area contributed by atoms with Crippen LogP contribution in [0.4, 0.5) is 5.69 Å². The van der Waals surface area contributed by atoms with Gasteiger partial charge in [-0.15, -0.1) is 0 Å². The van der Waals surface area contributed by atoms with E-state index in [1.165, 1.54) is 12.8 Å². The monoisotopic (exact) mass is 268 g/mol. The Morgan fingerprint density at radius 2 is 2.22 bits per heavy atom. The lowest BCUT2D eigenvalue weighted by Crippen LogP contribution is -2.24. The third kappa shape index (κ3) is 3.87. The molecule has 0 saturated heterocycles. The molecule has 3 nitrogen and oxygen atoms in total. The second kappa shape index (κ2) is 6.41. The van der Waals surface area contributed by atoms with E-state index in [4.69, 9.17) is 22.1 Å². The largest absolute Gasteiger partial charge is 0.379 e. The molecule has 0 bridgehead atoms. The Morgan fingerprint density at radius 3 is 2.89 bits per heavy atom. The predicted octanol–water partition coefficient (Wildman–Crippen LogP) is 2.66. The Balaban J connectivity index is 1.84. The fourth-order valence-corrected chi connectivity index (χ4v) is 2.14. The van der Waals surface area contributed by atoms with E-state index in [-0.39, 0.29) is 0 Å². The highest BCUT2D eigenvalue weighted by Gasteiger charge is 2.21. The molecule has 1 aromatic carbocycles. The van der Waals surface area contributed by atoms with Crippen LogP contribution in [0.2, 0.25) is 5.02 Å². The Hall–Kier alpha value is -0.770. The normalized spacial score (nSPS) is 14.8. The van der Waals surface area contributed by atoms with Gasteiger partial charge in [0.1, 0.15) is 0 Å². The maximum Gasteiger partial charge on any atom is 0.0641 e. The third-order valence-corrected chi connectivity index (χ3v) is 3.53. The van der Waals surface area contributed by atoms with E-state index in [1.54, 1.807) is 0 Å². The van der Waals surface area contributed by atoms with Crippen LogP contribution in [0.5, 0.6) is 0 Å². The maximum absolute atomic E-state index is 5.97. The molecular formula is C14H21ClN2O. The number of halogens is 1. The van der Waals surface area contributed by atoms with Crippen molar-refractivity contribution in [2.45, 2.75) is 19.4 Å². The molecule has 0 aromatic heterocycles. The molecule has 0 heterocycles. The fraction of sp³-hybridized carbons (Fsp3) is 0.571. The molecule has 0 unspecified atom stereocenters. The van der Waals surface area contributed by atoms with E-state index in [1.807, 2.05) is 18.2 Å². The van der Waals surface area contributed by atoms with E-state index in [0.29, 0.717) is 6.54 Å². The summed E-state index contributed by atoms with van der Waals surface area (Å²) in [5.74, 6) is 0.824. The van der Waals surface area contributed by atoms with Crippen molar-refractivity contribution in [2.24, 2.45) is 11.7 Å². The van der Waals surface area contributed by atoms with Crippen LogP contribution in [0.25, 0.3) is 0 Å². The lowest BCUT2D eigenvalue weighted by molar-refractivity contribution is 0.131. The highest BCUT2D eigenvalue weighted by Crippen LogP contribution is 2.28. The lowest BCUT2D eigenvalue weighted by atomic mass is 10.1. The van der Waals surface area contributed by atoms with Gasteiger partial charge in [-0.05, 0) is 42.5 Å². The molecule has 100 valence electrons. The van der Waals surface area contributed by atoms with Gasteiger partial charge in [0.15, 0.2) is 0 Å². The first-order valence-electron chi connectivity index (χ1n) is 6.48. The maximum atomic E-state index is 5.97. The number of hydrogen-bond acceptors (Lipinski definition) is 3. The van der Waals surface area contributed by atoms with Gasteiger partial charge in [-0.1, -0.05) is 11.6 Å². The van der Waals surface area contributed by atoms with E-state index < -0.39 is 0 Å². The zero-order valence-corrected chi connectivity index (χ0v) is 11.6. The van der Waals surface area contributed by atoms with Crippen molar-refractivity contribution in [2.75, 3.05) is 31.7 Å². The number of hydrogen-bond donors (Lipinski definition) is 1. The minimum absolute atomic E-state index is 0.503. The van der Waals surface area contributed by atoms with E-state index in [9.17, 15) is 0 Å². The molecule has 1 saturated carbocycles. The molecule has 0 amide bonds. The van der Waals surface area contributed by atoms with Crippen LogP contribution in [0.1, 0.15) is 18.4 Å². The van der Waals surface area contributed by atoms with Crippen molar-refractivity contribution in [3.05, 3.63) is 28.8 Å². The summed E-state index contributed by atoms with van der Waals surface area (Å²) in [6.45, 7) is 3.06. The third-order valence-electron chi connectivity index (χ3n) is 3.29. The summed E-state index contributed by atoms with van der Waals surface area (Å²) in [4.78, 5) is 2.17. The van der Waals surface area contributed by atoms with Crippen LogP contribution < -0.4 is 10.6 Å². The van der Waals surface area contributed by atoms with E-state index in [0.717, 1.165) is 41.9 Å². The van der Waals surface area contributed by atoms with Gasteiger partial charge >= 0.3 is 0 Å². The Kier molecular flexibility index (Phi) is 4.87. The molecule has 1 aliphatic carbocycles. The first kappa shape index (κ1) is 13.7. The number of ether oxygens (including phenoxy) is 1. The smallest absolute Gasteiger partial charge is 0.0641 e. The van der Waals surface area contributed by atoms with Gasteiger partial charge in [-0.2, -0.15) is 0 Å². The summed E-state index contributed by atoms with van der Waals surface area (Å²) in [7, 11) is 2.06. The van der Waals surface area contributed by atoms with Gasteiger partial charge in [0.05, 0.1) is 6.61 Å². The lowest BCUT2D eigenvalue weighted by Gasteiger charge is -2.22. The Morgan fingerprint density at radius 1 is 1.44 bits per heavy atom. The summed E-state index contributed by atoms with van der Waals surface area (Å²) in [6.07, 6.45) is 2.68. The Bertz CT molecular complexity index is 393. The van der Waals surface area contributed by atoms with E-state index in [2.05, 4.69) is 11.9 Å². The molecule has 2 N–H and O–H groups in total. The molecule has 1 aromatic rings. The average molecular weight is 269 g/mol. The summed E-state index contributed by atoms with van der Waals surface area (Å²) in [5, 5.41) is 0.734. The number of benzene rings is 1. The SMILES string of the molecule is CN(CCOCC1CC1)c1ccc(Cl)cc1CN. The van der Waals surface area contributed by atoms with Crippen molar-refractivity contribution >= 4 is 17.3 Å². The van der Waals surface area contributed by atoms with Crippen molar-refractivity contribution in [3.8, 4) is 0 Å². The molecule has 1 fully saturated rings. The highest BCUT2D eigenvalue weighted by atomic mass is 35.5. The summed E-state index contributed by atoms with van der Waals surface area (Å²) in [5.41, 5.74) is 7.96. The molecule has 0 spiro atoms. The van der Waals surface area contributed by atoms with Gasteiger partial charge < -0.3 is 15.4 Å². The number of rotatable bonds is 7. The zero-order chi connectivity index (χ0) is 13.0. The van der Waals surface area contributed by atoms with Gasteiger partial charge in [0.2, 0.25) is 0 Å². The quantitative estimate of drug-likeness (QED) is 0.773. The average Bonchev–Trinajstić information content (AvgIpc) is 3.18. The molecule has 0 radical (unpaired) electrons. The molecule has 1 aliphatic rings. The van der Waals surface area contributed by atoms with Gasteiger partial charge in [0.25, 0.3) is 0 Å². The topological polar surface area (TPSA) is 38.5 Å². The van der Waals surface area contributed by atoms with Crippen LogP contribution in [0.3, 0.4) is 0 Å². The second-order valence-electron chi connectivity index (χ2n) is 4.92. The number of likely N-dealkylation sites (N-methyl/N-ethyl adjacent to an activating group) is 1. The van der Waals surface area contributed by atoms with Gasteiger partial charge in [-0.25, -0.2) is 0 Å². The molecular weight excluding hydrogens is 248 g/mol. The molecule has 0 aliphatic heterocycles. The van der Waals surface area contributed by atoms with Crippen LogP contribution in [0.15, 0.2) is 18.2 Å². The summed E-state index contributed by atoms with van der Waals surface area (Å²) in [6, 6.07) is 5.85. The second-order valence-corrected chi connectivity index (χ2v) is 5.35. The summed E-state index contributed by atoms with van der Waals surface area (Å²) >= 11 is 5.97. The Labute approximate surface area is 114 Å². The highest BCUT2D eigenvalue weighted by molar-refractivity contribution is 6.30. The number of nitrogens with zero attached hydrogens (tertiary/aromatic N) is 1.